The van der Waals surface area contributed by atoms with Gasteiger partial charge in [-0.05, 0) is 60.7 Å². The van der Waals surface area contributed by atoms with E-state index >= 15 is 0 Å². The van der Waals surface area contributed by atoms with Gasteiger partial charge in [-0.25, -0.2) is 0 Å². The molecule has 30 heavy (non-hydrogen) atoms. The zero-order valence-corrected chi connectivity index (χ0v) is 17.1. The van der Waals surface area contributed by atoms with Crippen LogP contribution in [0.1, 0.15) is 35.8 Å². The van der Waals surface area contributed by atoms with E-state index in [4.69, 9.17) is 14.0 Å². The highest BCUT2D eigenvalue weighted by Gasteiger charge is 2.35. The molecule has 1 fully saturated rings. The van der Waals surface area contributed by atoms with E-state index < -0.39 is 0 Å². The van der Waals surface area contributed by atoms with E-state index in [-0.39, 0.29) is 11.8 Å². The second-order valence-electron chi connectivity index (χ2n) is 7.74. The monoisotopic (exact) mass is 405 g/mol. The number of aryl methyl sites for hydroxylation is 2. The number of hydrogen-bond donors (Lipinski definition) is 0. The summed E-state index contributed by atoms with van der Waals surface area (Å²) in [7, 11) is 3.18. The van der Waals surface area contributed by atoms with Crippen molar-refractivity contribution in [2.75, 3.05) is 25.7 Å². The lowest BCUT2D eigenvalue weighted by atomic mass is 10.1. The predicted molar refractivity (Wildman–Crippen MR) is 111 cm³/mol. The number of anilines is 1. The first kappa shape index (κ1) is 18.7. The van der Waals surface area contributed by atoms with Crippen LogP contribution in [0.15, 0.2) is 40.9 Å². The maximum atomic E-state index is 12.7. The Morgan fingerprint density at radius 1 is 1.03 bits per heavy atom. The lowest BCUT2D eigenvalue weighted by Gasteiger charge is -2.17. The summed E-state index contributed by atoms with van der Waals surface area (Å²) in [6, 6.07) is 11.8. The smallest absolute Gasteiger partial charge is 0.232 e. The van der Waals surface area contributed by atoms with Gasteiger partial charge in [-0.2, -0.15) is 4.98 Å². The topological polar surface area (TPSA) is 77.7 Å². The quantitative estimate of drug-likeness (QED) is 0.643. The minimum Gasteiger partial charge on any atom is -0.493 e. The normalized spacial score (nSPS) is 18.0. The molecule has 1 aliphatic carbocycles. The molecule has 3 aromatic rings. The molecule has 0 radical (unpaired) electrons. The number of methoxy groups -OCH3 is 2. The number of ether oxygens (including phenoxy) is 2. The fourth-order valence-corrected chi connectivity index (χ4v) is 4.34. The van der Waals surface area contributed by atoms with Gasteiger partial charge < -0.3 is 18.9 Å². The maximum Gasteiger partial charge on any atom is 0.232 e. The SMILES string of the molecule is COc1ccc(-c2noc(C3CC(=O)N(c4ccc5c(c4)CCC5)C3)n2)cc1OC. The molecule has 1 amide bonds. The Morgan fingerprint density at radius 3 is 2.70 bits per heavy atom. The highest BCUT2D eigenvalue weighted by atomic mass is 16.5. The number of aromatic nitrogens is 2. The second kappa shape index (κ2) is 7.48. The van der Waals surface area contributed by atoms with Crippen molar-refractivity contribution in [2.24, 2.45) is 0 Å². The van der Waals surface area contributed by atoms with Gasteiger partial charge in [0.1, 0.15) is 0 Å². The van der Waals surface area contributed by atoms with Gasteiger partial charge in [-0.1, -0.05) is 11.2 Å². The van der Waals surface area contributed by atoms with Crippen LogP contribution in [0, 0.1) is 0 Å². The zero-order valence-electron chi connectivity index (χ0n) is 17.1. The van der Waals surface area contributed by atoms with E-state index in [0.29, 0.717) is 36.2 Å². The molecule has 154 valence electrons. The first-order valence-electron chi connectivity index (χ1n) is 10.1. The number of carbonyl (C=O) groups is 1. The summed E-state index contributed by atoms with van der Waals surface area (Å²) in [4.78, 5) is 19.1. The standard InChI is InChI=1S/C23H23N3O4/c1-28-19-9-7-16(11-20(19)29-2)22-24-23(30-25-22)17-12-21(27)26(13-17)18-8-6-14-4-3-5-15(14)10-18/h6-11,17H,3-5,12-13H2,1-2H3. The highest BCUT2D eigenvalue weighted by Crippen LogP contribution is 2.35. The summed E-state index contributed by atoms with van der Waals surface area (Å²) < 4.78 is 16.2. The van der Waals surface area contributed by atoms with Crippen LogP contribution < -0.4 is 14.4 Å². The Balaban J connectivity index is 1.36. The highest BCUT2D eigenvalue weighted by molar-refractivity contribution is 5.96. The molecule has 5 rings (SSSR count). The van der Waals surface area contributed by atoms with Crippen LogP contribution in [-0.2, 0) is 17.6 Å². The van der Waals surface area contributed by atoms with Gasteiger partial charge in [-0.3, -0.25) is 4.79 Å². The largest absolute Gasteiger partial charge is 0.493 e. The van der Waals surface area contributed by atoms with E-state index in [0.717, 1.165) is 24.1 Å². The van der Waals surface area contributed by atoms with Crippen molar-refractivity contribution in [3.63, 3.8) is 0 Å². The third kappa shape index (κ3) is 3.20. The molecular formula is C23H23N3O4. The van der Waals surface area contributed by atoms with Gasteiger partial charge in [0.2, 0.25) is 17.6 Å². The van der Waals surface area contributed by atoms with Gasteiger partial charge in [0.15, 0.2) is 11.5 Å². The van der Waals surface area contributed by atoms with Gasteiger partial charge >= 0.3 is 0 Å². The third-order valence-electron chi connectivity index (χ3n) is 5.95. The fraction of sp³-hybridized carbons (Fsp3) is 0.348. The molecule has 7 nitrogen and oxygen atoms in total. The van der Waals surface area contributed by atoms with Crippen molar-refractivity contribution in [1.82, 2.24) is 10.1 Å². The molecule has 2 heterocycles. The van der Waals surface area contributed by atoms with Crippen molar-refractivity contribution in [3.05, 3.63) is 53.4 Å². The van der Waals surface area contributed by atoms with Crippen molar-refractivity contribution in [1.29, 1.82) is 0 Å². The maximum absolute atomic E-state index is 12.7. The number of rotatable bonds is 5. The minimum absolute atomic E-state index is 0.0869. The molecule has 0 saturated carbocycles. The summed E-state index contributed by atoms with van der Waals surface area (Å²) >= 11 is 0. The van der Waals surface area contributed by atoms with E-state index in [1.54, 1.807) is 20.3 Å². The van der Waals surface area contributed by atoms with Crippen LogP contribution in [0.25, 0.3) is 11.4 Å². The Labute approximate surface area is 174 Å². The third-order valence-corrected chi connectivity index (χ3v) is 5.95. The summed E-state index contributed by atoms with van der Waals surface area (Å²) in [6.07, 6.45) is 3.78. The summed E-state index contributed by atoms with van der Waals surface area (Å²) in [5.74, 6) is 2.15. The minimum atomic E-state index is -0.118. The van der Waals surface area contributed by atoms with Gasteiger partial charge in [0.25, 0.3) is 0 Å². The Hall–Kier alpha value is -3.35. The van der Waals surface area contributed by atoms with Crippen LogP contribution in [0.2, 0.25) is 0 Å². The van der Waals surface area contributed by atoms with Crippen LogP contribution in [-0.4, -0.2) is 36.8 Å². The molecular weight excluding hydrogens is 382 g/mol. The van der Waals surface area contributed by atoms with Crippen LogP contribution in [0.3, 0.4) is 0 Å². The number of hydrogen-bond acceptors (Lipinski definition) is 6. The lowest BCUT2D eigenvalue weighted by molar-refractivity contribution is -0.117. The molecule has 1 atom stereocenters. The molecule has 1 unspecified atom stereocenters. The van der Waals surface area contributed by atoms with Gasteiger partial charge in [-0.15, -0.1) is 0 Å². The first-order valence-corrected chi connectivity index (χ1v) is 10.1. The summed E-state index contributed by atoms with van der Waals surface area (Å²) in [6.45, 7) is 0.547. The summed E-state index contributed by atoms with van der Waals surface area (Å²) in [5.41, 5.74) is 4.49. The van der Waals surface area contributed by atoms with Gasteiger partial charge in [0, 0.05) is 24.2 Å². The molecule has 2 aliphatic rings. The van der Waals surface area contributed by atoms with Crippen LogP contribution >= 0.6 is 0 Å². The number of benzene rings is 2. The van der Waals surface area contributed by atoms with Crippen molar-refractivity contribution >= 4 is 11.6 Å². The van der Waals surface area contributed by atoms with Crippen LogP contribution in [0.4, 0.5) is 5.69 Å². The average molecular weight is 405 g/mol. The number of nitrogens with zero attached hydrogens (tertiary/aromatic N) is 3. The zero-order chi connectivity index (χ0) is 20.7. The molecule has 1 saturated heterocycles. The molecule has 2 aromatic carbocycles. The Bertz CT molecular complexity index is 1110. The fourth-order valence-electron chi connectivity index (χ4n) is 4.34. The van der Waals surface area contributed by atoms with Crippen LogP contribution in [0.5, 0.6) is 11.5 Å². The van der Waals surface area contributed by atoms with Gasteiger partial charge in [0.05, 0.1) is 20.1 Å². The van der Waals surface area contributed by atoms with Crippen molar-refractivity contribution in [3.8, 4) is 22.9 Å². The number of carbonyl (C=O) groups excluding carboxylic acids is 1. The lowest BCUT2D eigenvalue weighted by Crippen LogP contribution is -2.24. The Kier molecular flexibility index (Phi) is 4.65. The van der Waals surface area contributed by atoms with Crippen molar-refractivity contribution < 1.29 is 18.8 Å². The molecule has 7 heteroatoms. The molecule has 0 spiro atoms. The number of fused-ring (bicyclic) bond motifs is 1. The van der Waals surface area contributed by atoms with E-state index in [1.165, 1.54) is 17.5 Å². The number of amides is 1. The average Bonchev–Trinajstić information content (AvgIpc) is 3.51. The molecule has 0 N–H and O–H groups in total. The van der Waals surface area contributed by atoms with E-state index in [9.17, 15) is 4.79 Å². The van der Waals surface area contributed by atoms with E-state index in [1.807, 2.05) is 23.1 Å². The molecule has 1 aliphatic heterocycles. The Morgan fingerprint density at radius 2 is 1.87 bits per heavy atom. The summed E-state index contributed by atoms with van der Waals surface area (Å²) in [5, 5.41) is 4.12. The van der Waals surface area contributed by atoms with Crippen molar-refractivity contribution in [2.45, 2.75) is 31.6 Å². The second-order valence-corrected chi connectivity index (χ2v) is 7.74. The first-order chi connectivity index (χ1) is 14.7. The predicted octanol–water partition coefficient (Wildman–Crippen LogP) is 3.76. The van der Waals surface area contributed by atoms with E-state index in [2.05, 4.69) is 22.3 Å². The molecule has 1 aromatic heterocycles. The molecule has 0 bridgehead atoms.